The molecule has 2 aromatic rings. The van der Waals surface area contributed by atoms with Crippen molar-refractivity contribution in [2.45, 2.75) is 38.8 Å². The highest BCUT2D eigenvalue weighted by molar-refractivity contribution is 5.82. The highest BCUT2D eigenvalue weighted by atomic mass is 16.3. The molecule has 2 N–H and O–H groups in total. The van der Waals surface area contributed by atoms with Crippen LogP contribution in [-0.2, 0) is 6.54 Å². The molecule has 0 unspecified atom stereocenters. The van der Waals surface area contributed by atoms with E-state index >= 15 is 0 Å². The molecule has 0 aliphatic carbocycles. The first-order valence-electron chi connectivity index (χ1n) is 7.06. The Balaban J connectivity index is 2.13. The lowest BCUT2D eigenvalue weighted by atomic mass is 9.93. The Kier molecular flexibility index (Phi) is 4.56. The number of aliphatic hydroxyl groups excluding tert-OH is 1. The molecule has 0 aromatic heterocycles. The first-order chi connectivity index (χ1) is 9.23. The van der Waals surface area contributed by atoms with Gasteiger partial charge in [0.05, 0.1) is 6.61 Å². The smallest absolute Gasteiger partial charge is 0.0613 e. The maximum Gasteiger partial charge on any atom is 0.0613 e. The van der Waals surface area contributed by atoms with E-state index in [1.165, 1.54) is 16.3 Å². The monoisotopic (exact) mass is 257 g/mol. The summed E-state index contributed by atoms with van der Waals surface area (Å²) in [4.78, 5) is 0. The van der Waals surface area contributed by atoms with E-state index in [1.54, 1.807) is 0 Å². The first kappa shape index (κ1) is 14.0. The van der Waals surface area contributed by atoms with E-state index in [1.807, 2.05) is 0 Å². The fourth-order valence-electron chi connectivity index (χ4n) is 2.42. The van der Waals surface area contributed by atoms with E-state index in [-0.39, 0.29) is 12.1 Å². The molecule has 0 bridgehead atoms. The summed E-state index contributed by atoms with van der Waals surface area (Å²) in [6.07, 6.45) is 1.88. The average Bonchev–Trinajstić information content (AvgIpc) is 2.49. The van der Waals surface area contributed by atoms with Crippen LogP contribution in [0.4, 0.5) is 0 Å². The van der Waals surface area contributed by atoms with Gasteiger partial charge in [0.25, 0.3) is 0 Å². The molecule has 19 heavy (non-hydrogen) atoms. The summed E-state index contributed by atoms with van der Waals surface area (Å²) >= 11 is 0. The highest BCUT2D eigenvalue weighted by Crippen LogP contribution is 2.18. The Morgan fingerprint density at radius 2 is 1.68 bits per heavy atom. The van der Waals surface area contributed by atoms with E-state index in [4.69, 9.17) is 0 Å². The highest BCUT2D eigenvalue weighted by Gasteiger charge is 2.23. The standard InChI is InChI=1S/C17H23NO/c1-3-17(4-2,13-19)18-12-14-9-10-15-7-5-6-8-16(15)11-14/h5-11,18-19H,3-4,12-13H2,1-2H3. The van der Waals surface area contributed by atoms with Crippen molar-refractivity contribution in [3.63, 3.8) is 0 Å². The number of rotatable bonds is 6. The van der Waals surface area contributed by atoms with Crippen LogP contribution in [0.5, 0.6) is 0 Å². The summed E-state index contributed by atoms with van der Waals surface area (Å²) in [5, 5.41) is 15.6. The molecule has 0 aliphatic heterocycles. The van der Waals surface area contributed by atoms with Gasteiger partial charge in [0.2, 0.25) is 0 Å². The zero-order valence-electron chi connectivity index (χ0n) is 11.8. The van der Waals surface area contributed by atoms with Gasteiger partial charge in [-0.25, -0.2) is 0 Å². The SMILES string of the molecule is CCC(CC)(CO)NCc1ccc2ccccc2c1. The quantitative estimate of drug-likeness (QED) is 0.830. The molecule has 0 fully saturated rings. The molecule has 2 heteroatoms. The van der Waals surface area contributed by atoms with Crippen LogP contribution in [-0.4, -0.2) is 17.3 Å². The topological polar surface area (TPSA) is 32.3 Å². The van der Waals surface area contributed by atoms with Crippen molar-refractivity contribution >= 4 is 10.8 Å². The second-order valence-electron chi connectivity index (χ2n) is 5.18. The molecule has 0 spiro atoms. The Morgan fingerprint density at radius 1 is 1.00 bits per heavy atom. The Bertz CT molecular complexity index is 523. The lowest BCUT2D eigenvalue weighted by Gasteiger charge is -2.31. The van der Waals surface area contributed by atoms with Gasteiger partial charge in [-0.2, -0.15) is 0 Å². The van der Waals surface area contributed by atoms with Crippen LogP contribution in [0, 0.1) is 0 Å². The van der Waals surface area contributed by atoms with Crippen LogP contribution in [0.25, 0.3) is 10.8 Å². The fraction of sp³-hybridized carbons (Fsp3) is 0.412. The number of aliphatic hydroxyl groups is 1. The number of fused-ring (bicyclic) bond motifs is 1. The Labute approximate surface area is 115 Å². The minimum absolute atomic E-state index is 0.147. The van der Waals surface area contributed by atoms with Crippen molar-refractivity contribution in [3.05, 3.63) is 48.0 Å². The van der Waals surface area contributed by atoms with Gasteiger partial charge in [-0.05, 0) is 35.2 Å². The molecular formula is C17H23NO. The molecule has 0 amide bonds. The van der Waals surface area contributed by atoms with E-state index < -0.39 is 0 Å². The van der Waals surface area contributed by atoms with Crippen molar-refractivity contribution in [1.29, 1.82) is 0 Å². The van der Waals surface area contributed by atoms with Gasteiger partial charge in [-0.15, -0.1) is 0 Å². The maximum atomic E-state index is 9.56. The second kappa shape index (κ2) is 6.18. The second-order valence-corrected chi connectivity index (χ2v) is 5.18. The van der Waals surface area contributed by atoms with Crippen LogP contribution >= 0.6 is 0 Å². The molecule has 0 atom stereocenters. The van der Waals surface area contributed by atoms with Crippen LogP contribution in [0.3, 0.4) is 0 Å². The lowest BCUT2D eigenvalue weighted by molar-refractivity contribution is 0.149. The molecule has 2 nitrogen and oxygen atoms in total. The zero-order chi connectivity index (χ0) is 13.7. The molecular weight excluding hydrogens is 234 g/mol. The maximum absolute atomic E-state index is 9.56. The van der Waals surface area contributed by atoms with Gasteiger partial charge in [-0.1, -0.05) is 50.2 Å². The first-order valence-corrected chi connectivity index (χ1v) is 7.06. The number of benzene rings is 2. The Morgan fingerprint density at radius 3 is 2.32 bits per heavy atom. The van der Waals surface area contributed by atoms with Crippen molar-refractivity contribution in [3.8, 4) is 0 Å². The summed E-state index contributed by atoms with van der Waals surface area (Å²) in [6, 6.07) is 14.9. The summed E-state index contributed by atoms with van der Waals surface area (Å²) < 4.78 is 0. The van der Waals surface area contributed by atoms with E-state index in [2.05, 4.69) is 61.6 Å². The van der Waals surface area contributed by atoms with Crippen LogP contribution in [0.15, 0.2) is 42.5 Å². The molecule has 2 aromatic carbocycles. The molecule has 2 rings (SSSR count). The summed E-state index contributed by atoms with van der Waals surface area (Å²) in [5.41, 5.74) is 1.12. The van der Waals surface area contributed by atoms with E-state index in [9.17, 15) is 5.11 Å². The van der Waals surface area contributed by atoms with E-state index in [0.29, 0.717) is 0 Å². The molecule has 0 saturated carbocycles. The molecule has 0 heterocycles. The third-order valence-corrected chi connectivity index (χ3v) is 4.14. The predicted molar refractivity (Wildman–Crippen MR) is 81.2 cm³/mol. The Hall–Kier alpha value is -1.38. The molecule has 0 radical (unpaired) electrons. The summed E-state index contributed by atoms with van der Waals surface area (Å²) in [6.45, 7) is 5.22. The fourth-order valence-corrected chi connectivity index (χ4v) is 2.42. The van der Waals surface area contributed by atoms with Crippen molar-refractivity contribution in [2.24, 2.45) is 0 Å². The predicted octanol–water partition coefficient (Wildman–Crippen LogP) is 3.48. The third-order valence-electron chi connectivity index (χ3n) is 4.14. The molecule has 102 valence electrons. The lowest BCUT2D eigenvalue weighted by Crippen LogP contribution is -2.47. The van der Waals surface area contributed by atoms with Gasteiger partial charge in [0.15, 0.2) is 0 Å². The normalized spacial score (nSPS) is 11.9. The van der Waals surface area contributed by atoms with Gasteiger partial charge in [0.1, 0.15) is 0 Å². The van der Waals surface area contributed by atoms with Gasteiger partial charge in [-0.3, -0.25) is 0 Å². The number of nitrogens with one attached hydrogen (secondary N) is 1. The minimum Gasteiger partial charge on any atom is -0.394 e. The minimum atomic E-state index is -0.147. The third kappa shape index (κ3) is 3.14. The van der Waals surface area contributed by atoms with Crippen LogP contribution < -0.4 is 5.32 Å². The van der Waals surface area contributed by atoms with E-state index in [0.717, 1.165) is 19.4 Å². The average molecular weight is 257 g/mol. The summed E-state index contributed by atoms with van der Waals surface area (Å²) in [7, 11) is 0. The van der Waals surface area contributed by atoms with Gasteiger partial charge in [0, 0.05) is 12.1 Å². The number of hydrogen-bond donors (Lipinski definition) is 2. The van der Waals surface area contributed by atoms with Gasteiger partial charge < -0.3 is 10.4 Å². The molecule has 0 aliphatic rings. The van der Waals surface area contributed by atoms with Crippen LogP contribution in [0.2, 0.25) is 0 Å². The van der Waals surface area contributed by atoms with Crippen molar-refractivity contribution < 1.29 is 5.11 Å². The van der Waals surface area contributed by atoms with Gasteiger partial charge >= 0.3 is 0 Å². The summed E-state index contributed by atoms with van der Waals surface area (Å²) in [5.74, 6) is 0. The van der Waals surface area contributed by atoms with Crippen molar-refractivity contribution in [2.75, 3.05) is 6.61 Å². The zero-order valence-corrected chi connectivity index (χ0v) is 11.8. The molecule has 0 saturated heterocycles. The van der Waals surface area contributed by atoms with Crippen LogP contribution in [0.1, 0.15) is 32.3 Å². The van der Waals surface area contributed by atoms with Crippen molar-refractivity contribution in [1.82, 2.24) is 5.32 Å². The largest absolute Gasteiger partial charge is 0.394 e. The number of hydrogen-bond acceptors (Lipinski definition) is 2.